The lowest BCUT2D eigenvalue weighted by Gasteiger charge is -2.49. The molecule has 35 heavy (non-hydrogen) atoms. The number of piperidine rings is 1. The zero-order valence-corrected chi connectivity index (χ0v) is 21.7. The molecule has 1 aliphatic heterocycles. The lowest BCUT2D eigenvalue weighted by Crippen LogP contribution is -2.64. The van der Waals surface area contributed by atoms with Crippen LogP contribution in [0.5, 0.6) is 0 Å². The van der Waals surface area contributed by atoms with Crippen LogP contribution in [0.25, 0.3) is 10.2 Å². The Morgan fingerprint density at radius 2 is 1.89 bits per heavy atom. The van der Waals surface area contributed by atoms with Gasteiger partial charge >= 0.3 is 0 Å². The zero-order valence-electron chi connectivity index (χ0n) is 20.8. The predicted molar refractivity (Wildman–Crippen MR) is 138 cm³/mol. The largest absolute Gasteiger partial charge is 0.300 e. The summed E-state index contributed by atoms with van der Waals surface area (Å²) in [6.45, 7) is 10.0. The molecule has 1 aromatic heterocycles. The van der Waals surface area contributed by atoms with Gasteiger partial charge in [-0.15, -0.1) is 0 Å². The van der Waals surface area contributed by atoms with Crippen molar-refractivity contribution in [3.05, 3.63) is 59.2 Å². The van der Waals surface area contributed by atoms with Crippen molar-refractivity contribution < 1.29 is 14.4 Å². The topological polar surface area (TPSA) is 79.4 Å². The molecule has 1 saturated carbocycles. The first-order valence-electron chi connectivity index (χ1n) is 12.1. The molecule has 2 aliphatic rings. The highest BCUT2D eigenvalue weighted by Gasteiger charge is 2.65. The summed E-state index contributed by atoms with van der Waals surface area (Å²) in [6.07, 6.45) is 1.58. The maximum atomic E-state index is 13.9. The Balaban J connectivity index is 1.52. The third-order valence-corrected chi connectivity index (χ3v) is 9.32. The van der Waals surface area contributed by atoms with Crippen LogP contribution in [0, 0.1) is 30.6 Å². The molecule has 1 N–H and O–H groups in total. The van der Waals surface area contributed by atoms with Gasteiger partial charge in [0.15, 0.2) is 5.13 Å². The molecule has 2 aromatic carbocycles. The second-order valence-electron chi connectivity index (χ2n) is 10.8. The van der Waals surface area contributed by atoms with Gasteiger partial charge in [0.05, 0.1) is 15.6 Å². The van der Waals surface area contributed by atoms with Gasteiger partial charge in [0.25, 0.3) is 0 Å². The van der Waals surface area contributed by atoms with Gasteiger partial charge in [0.2, 0.25) is 17.7 Å². The molecule has 2 bridgehead atoms. The number of nitrogens with one attached hydrogen (secondary N) is 1. The van der Waals surface area contributed by atoms with Crippen LogP contribution in [0.1, 0.15) is 50.3 Å². The van der Waals surface area contributed by atoms with Crippen molar-refractivity contribution >= 4 is 44.4 Å². The van der Waals surface area contributed by atoms with E-state index < -0.39 is 16.9 Å². The highest BCUT2D eigenvalue weighted by Crippen LogP contribution is 2.60. The van der Waals surface area contributed by atoms with Crippen LogP contribution < -0.4 is 5.32 Å². The standard InChI is InChI=1S/C28H31N3O3S/c1-16-13-17(2)22-21(14-16)35-26(29-22)30-23(32)20(15-18-9-7-6-8-10-18)31-24(33)19-11-12-28(5,25(31)34)27(19,3)4/h6-10,13-14,19-20H,11-12,15H2,1-5H3,(H,29,30,32). The molecular weight excluding hydrogens is 458 g/mol. The van der Waals surface area contributed by atoms with Crippen LogP contribution in [-0.2, 0) is 20.8 Å². The molecule has 3 atom stereocenters. The zero-order chi connectivity index (χ0) is 25.1. The lowest BCUT2D eigenvalue weighted by molar-refractivity contribution is -0.172. The van der Waals surface area contributed by atoms with E-state index in [0.29, 0.717) is 18.0 Å². The summed E-state index contributed by atoms with van der Waals surface area (Å²) in [5, 5.41) is 3.42. The van der Waals surface area contributed by atoms with E-state index in [9.17, 15) is 14.4 Å². The van der Waals surface area contributed by atoms with E-state index in [1.165, 1.54) is 16.2 Å². The molecule has 1 saturated heterocycles. The molecule has 5 rings (SSSR count). The van der Waals surface area contributed by atoms with E-state index in [1.54, 1.807) is 0 Å². The van der Waals surface area contributed by atoms with Crippen LogP contribution in [0.15, 0.2) is 42.5 Å². The fraction of sp³-hybridized carbons (Fsp3) is 0.429. The molecule has 1 aliphatic carbocycles. The van der Waals surface area contributed by atoms with Gasteiger partial charge in [-0.2, -0.15) is 0 Å². The number of aryl methyl sites for hydroxylation is 2. The first-order valence-corrected chi connectivity index (χ1v) is 12.9. The van der Waals surface area contributed by atoms with Gasteiger partial charge in [-0.1, -0.05) is 68.5 Å². The number of carbonyl (C=O) groups is 3. The number of amides is 3. The number of thiazole rings is 1. The smallest absolute Gasteiger partial charge is 0.249 e. The summed E-state index contributed by atoms with van der Waals surface area (Å²) in [6, 6.07) is 12.7. The average molecular weight is 490 g/mol. The number of anilines is 1. The van der Waals surface area contributed by atoms with Gasteiger partial charge in [-0.3, -0.25) is 19.3 Å². The van der Waals surface area contributed by atoms with Crippen LogP contribution in [0.4, 0.5) is 5.13 Å². The number of fused-ring (bicyclic) bond motifs is 3. The van der Waals surface area contributed by atoms with E-state index in [2.05, 4.69) is 22.4 Å². The molecule has 6 nitrogen and oxygen atoms in total. The third-order valence-electron chi connectivity index (χ3n) is 8.40. The van der Waals surface area contributed by atoms with Crippen molar-refractivity contribution in [1.82, 2.24) is 9.88 Å². The van der Waals surface area contributed by atoms with E-state index in [0.717, 1.165) is 26.9 Å². The number of aromatic nitrogens is 1. The number of imide groups is 1. The Kier molecular flexibility index (Phi) is 5.59. The second kappa shape index (κ2) is 8.26. The Hall–Kier alpha value is -3.06. The predicted octanol–water partition coefficient (Wildman–Crippen LogP) is 5.27. The van der Waals surface area contributed by atoms with E-state index in [4.69, 9.17) is 0 Å². The number of hydrogen-bond donors (Lipinski definition) is 1. The van der Waals surface area contributed by atoms with Crippen LogP contribution in [0.3, 0.4) is 0 Å². The minimum atomic E-state index is -0.941. The molecule has 182 valence electrons. The van der Waals surface area contributed by atoms with Crippen LogP contribution >= 0.6 is 11.3 Å². The maximum absolute atomic E-state index is 13.9. The van der Waals surface area contributed by atoms with Gasteiger partial charge in [-0.25, -0.2) is 4.98 Å². The van der Waals surface area contributed by atoms with Gasteiger partial charge in [0, 0.05) is 12.3 Å². The number of nitrogens with zero attached hydrogens (tertiary/aromatic N) is 2. The normalized spacial score (nSPS) is 24.1. The summed E-state index contributed by atoms with van der Waals surface area (Å²) >= 11 is 1.41. The van der Waals surface area contributed by atoms with Gasteiger partial charge < -0.3 is 5.32 Å². The van der Waals surface area contributed by atoms with Crippen molar-refractivity contribution in [3.63, 3.8) is 0 Å². The second-order valence-corrected chi connectivity index (χ2v) is 11.8. The minimum absolute atomic E-state index is 0.234. The van der Waals surface area contributed by atoms with Crippen molar-refractivity contribution in [3.8, 4) is 0 Å². The third kappa shape index (κ3) is 3.68. The monoisotopic (exact) mass is 489 g/mol. The summed E-state index contributed by atoms with van der Waals surface area (Å²) in [7, 11) is 0. The Morgan fingerprint density at radius 1 is 1.17 bits per heavy atom. The summed E-state index contributed by atoms with van der Waals surface area (Å²) in [5.41, 5.74) is 2.82. The highest BCUT2D eigenvalue weighted by molar-refractivity contribution is 7.22. The van der Waals surface area contributed by atoms with Gasteiger partial charge in [0.1, 0.15) is 6.04 Å². The Morgan fingerprint density at radius 3 is 2.60 bits per heavy atom. The molecule has 2 fully saturated rings. The number of benzene rings is 2. The number of likely N-dealkylation sites (tertiary alicyclic amines) is 1. The van der Waals surface area contributed by atoms with Crippen molar-refractivity contribution in [2.45, 2.75) is 59.9 Å². The first kappa shape index (κ1) is 23.7. The Bertz CT molecular complexity index is 1350. The van der Waals surface area contributed by atoms with E-state index in [-0.39, 0.29) is 30.1 Å². The molecular formula is C28H31N3O3S. The van der Waals surface area contributed by atoms with E-state index >= 15 is 0 Å². The van der Waals surface area contributed by atoms with Gasteiger partial charge in [-0.05, 0) is 54.9 Å². The summed E-state index contributed by atoms with van der Waals surface area (Å²) in [5.74, 6) is -1.13. The number of hydrogen-bond acceptors (Lipinski definition) is 5. The molecule has 2 heterocycles. The highest BCUT2D eigenvalue weighted by atomic mass is 32.1. The lowest BCUT2D eigenvalue weighted by atomic mass is 9.62. The Labute approximate surface area is 209 Å². The molecule has 7 heteroatoms. The van der Waals surface area contributed by atoms with Crippen molar-refractivity contribution in [2.75, 3.05) is 5.32 Å². The molecule has 3 unspecified atom stereocenters. The quantitative estimate of drug-likeness (QED) is 0.495. The molecule has 0 radical (unpaired) electrons. The number of carbonyl (C=O) groups excluding carboxylic acids is 3. The molecule has 0 spiro atoms. The van der Waals surface area contributed by atoms with Crippen molar-refractivity contribution in [2.24, 2.45) is 16.7 Å². The molecule has 3 aromatic rings. The molecule has 3 amide bonds. The van der Waals surface area contributed by atoms with Crippen LogP contribution in [-0.4, -0.2) is 33.6 Å². The van der Waals surface area contributed by atoms with E-state index in [1.807, 2.05) is 65.0 Å². The minimum Gasteiger partial charge on any atom is -0.300 e. The SMILES string of the molecule is Cc1cc(C)c2nc(NC(=O)C(Cc3ccccc3)N3C(=O)C4CCC(C)(C3=O)C4(C)C)sc2c1. The average Bonchev–Trinajstić information content (AvgIpc) is 3.28. The summed E-state index contributed by atoms with van der Waals surface area (Å²) < 4.78 is 0.995. The van der Waals surface area contributed by atoms with Crippen LogP contribution in [0.2, 0.25) is 0 Å². The first-order chi connectivity index (χ1) is 16.5. The fourth-order valence-corrected chi connectivity index (χ4v) is 6.94. The van der Waals surface area contributed by atoms with Crippen molar-refractivity contribution in [1.29, 1.82) is 0 Å². The summed E-state index contributed by atoms with van der Waals surface area (Å²) in [4.78, 5) is 47.2. The number of rotatable bonds is 5. The fourth-order valence-electron chi connectivity index (χ4n) is 5.90. The maximum Gasteiger partial charge on any atom is 0.249 e.